The Morgan fingerprint density at radius 2 is 1.20 bits per heavy atom. The van der Waals surface area contributed by atoms with E-state index in [1.165, 1.54) is 11.1 Å². The summed E-state index contributed by atoms with van der Waals surface area (Å²) >= 11 is 0. The molecule has 2 unspecified atom stereocenters. The van der Waals surface area contributed by atoms with Gasteiger partial charge in [-0.2, -0.15) is 0 Å². The van der Waals surface area contributed by atoms with E-state index in [2.05, 4.69) is 78.0 Å². The number of ether oxygens (including phenoxy) is 3. The van der Waals surface area contributed by atoms with Crippen LogP contribution < -0.4 is 14.8 Å². The molecular formula is C35H61NO4. The first-order valence-corrected chi connectivity index (χ1v) is 15.4. The molecule has 0 amide bonds. The molecule has 2 aromatic rings. The van der Waals surface area contributed by atoms with Crippen LogP contribution in [0.25, 0.3) is 0 Å². The summed E-state index contributed by atoms with van der Waals surface area (Å²) in [6.45, 7) is 29.7. The van der Waals surface area contributed by atoms with E-state index in [1.54, 1.807) is 0 Å². The van der Waals surface area contributed by atoms with Crippen molar-refractivity contribution in [1.82, 2.24) is 5.32 Å². The highest BCUT2D eigenvalue weighted by Gasteiger charge is 2.26. The molecule has 5 heteroatoms. The quantitative estimate of drug-likeness (QED) is 0.256. The van der Waals surface area contributed by atoms with Crippen LogP contribution in [0.2, 0.25) is 0 Å². The number of epoxide rings is 1. The van der Waals surface area contributed by atoms with Crippen LogP contribution in [0.3, 0.4) is 0 Å². The van der Waals surface area contributed by atoms with Crippen LogP contribution in [0, 0.1) is 5.41 Å². The molecule has 5 nitrogen and oxygen atoms in total. The first-order chi connectivity index (χ1) is 18.8. The number of benzene rings is 2. The third-order valence-corrected chi connectivity index (χ3v) is 6.22. The van der Waals surface area contributed by atoms with Crippen LogP contribution >= 0.6 is 0 Å². The molecule has 1 aliphatic heterocycles. The van der Waals surface area contributed by atoms with Gasteiger partial charge in [-0.3, -0.25) is 0 Å². The Morgan fingerprint density at radius 1 is 0.775 bits per heavy atom. The molecule has 1 saturated heterocycles. The minimum Gasteiger partial charge on any atom is -0.491 e. The maximum atomic E-state index is 10.4. The smallest absolute Gasteiger partial charge is 0.119 e. The van der Waals surface area contributed by atoms with Crippen LogP contribution in [0.15, 0.2) is 48.5 Å². The fraction of sp³-hybridized carbons (Fsp3) is 0.657. The molecule has 3 rings (SSSR count). The topological polar surface area (TPSA) is 63.2 Å². The summed E-state index contributed by atoms with van der Waals surface area (Å²) in [7, 11) is 0. The van der Waals surface area contributed by atoms with Crippen molar-refractivity contribution in [3.05, 3.63) is 59.7 Å². The Kier molecular flexibility index (Phi) is 17.4. The molecule has 0 aromatic heterocycles. The average molecular weight is 560 g/mol. The van der Waals surface area contributed by atoms with Gasteiger partial charge in [0.2, 0.25) is 0 Å². The monoisotopic (exact) mass is 559 g/mol. The van der Waals surface area contributed by atoms with Gasteiger partial charge in [-0.25, -0.2) is 0 Å². The molecular weight excluding hydrogens is 498 g/mol. The summed E-state index contributed by atoms with van der Waals surface area (Å²) in [5.41, 5.74) is 2.46. The molecule has 2 atom stereocenters. The Labute approximate surface area is 247 Å². The van der Waals surface area contributed by atoms with E-state index in [-0.39, 0.29) is 29.1 Å². The first kappa shape index (κ1) is 37.9. The second-order valence-electron chi connectivity index (χ2n) is 11.9. The van der Waals surface area contributed by atoms with Crippen LogP contribution in [-0.4, -0.2) is 49.2 Å². The van der Waals surface area contributed by atoms with Crippen molar-refractivity contribution in [3.63, 3.8) is 0 Å². The molecule has 0 radical (unpaired) electrons. The molecule has 1 aliphatic rings. The molecule has 0 bridgehead atoms. The van der Waals surface area contributed by atoms with Crippen molar-refractivity contribution >= 4 is 0 Å². The fourth-order valence-electron chi connectivity index (χ4n) is 4.49. The highest BCUT2D eigenvalue weighted by atomic mass is 16.6. The summed E-state index contributed by atoms with van der Waals surface area (Å²) in [5, 5.41) is 13.9. The van der Waals surface area contributed by atoms with Gasteiger partial charge in [0.15, 0.2) is 0 Å². The van der Waals surface area contributed by atoms with Gasteiger partial charge in [0.05, 0.1) is 6.61 Å². The molecule has 230 valence electrons. The summed E-state index contributed by atoms with van der Waals surface area (Å²) in [5.74, 6) is 1.63. The summed E-state index contributed by atoms with van der Waals surface area (Å²) in [6, 6.07) is 16.4. The molecule has 1 fully saturated rings. The van der Waals surface area contributed by atoms with Gasteiger partial charge in [0.25, 0.3) is 0 Å². The van der Waals surface area contributed by atoms with Crippen LogP contribution in [-0.2, 0) is 10.2 Å². The van der Waals surface area contributed by atoms with Crippen molar-refractivity contribution < 1.29 is 19.3 Å². The number of nitrogens with one attached hydrogen (secondary N) is 1. The van der Waals surface area contributed by atoms with E-state index >= 15 is 0 Å². The van der Waals surface area contributed by atoms with Gasteiger partial charge >= 0.3 is 0 Å². The van der Waals surface area contributed by atoms with Crippen molar-refractivity contribution in [2.75, 3.05) is 26.4 Å². The predicted octanol–water partition coefficient (Wildman–Crippen LogP) is 8.41. The van der Waals surface area contributed by atoms with Gasteiger partial charge in [-0.15, -0.1) is 0 Å². The first-order valence-electron chi connectivity index (χ1n) is 15.4. The lowest BCUT2D eigenvalue weighted by molar-refractivity contribution is 0.0944. The summed E-state index contributed by atoms with van der Waals surface area (Å²) in [4.78, 5) is 0. The molecule has 0 spiro atoms. The van der Waals surface area contributed by atoms with Gasteiger partial charge in [0.1, 0.15) is 36.9 Å². The lowest BCUT2D eigenvalue weighted by Crippen LogP contribution is -2.46. The van der Waals surface area contributed by atoms with Crippen molar-refractivity contribution in [1.29, 1.82) is 0 Å². The van der Waals surface area contributed by atoms with Crippen molar-refractivity contribution in [2.45, 2.75) is 120 Å². The van der Waals surface area contributed by atoms with E-state index in [1.807, 2.05) is 65.8 Å². The Hall–Kier alpha value is -2.08. The second-order valence-corrected chi connectivity index (χ2v) is 11.9. The zero-order valence-corrected chi connectivity index (χ0v) is 28.0. The number of rotatable bonds is 12. The Bertz CT molecular complexity index is 894. The van der Waals surface area contributed by atoms with Crippen LogP contribution in [0.4, 0.5) is 0 Å². The van der Waals surface area contributed by atoms with Crippen LogP contribution in [0.1, 0.15) is 108 Å². The van der Waals surface area contributed by atoms with E-state index in [0.717, 1.165) is 24.5 Å². The van der Waals surface area contributed by atoms with Crippen molar-refractivity contribution in [2.24, 2.45) is 5.41 Å². The fourth-order valence-corrected chi connectivity index (χ4v) is 4.49. The molecule has 0 aliphatic carbocycles. The number of aliphatic hydroxyl groups excluding tert-OH is 1. The normalized spacial score (nSPS) is 15.2. The van der Waals surface area contributed by atoms with E-state index in [0.29, 0.717) is 13.2 Å². The summed E-state index contributed by atoms with van der Waals surface area (Å²) < 4.78 is 16.8. The van der Waals surface area contributed by atoms with Gasteiger partial charge in [0, 0.05) is 17.5 Å². The van der Waals surface area contributed by atoms with E-state index in [4.69, 9.17) is 14.2 Å². The van der Waals surface area contributed by atoms with Gasteiger partial charge in [-0.1, -0.05) is 100 Å². The van der Waals surface area contributed by atoms with Crippen molar-refractivity contribution in [3.8, 4) is 11.5 Å². The maximum Gasteiger partial charge on any atom is 0.119 e. The SMILES string of the molecule is CC.CC.CC.CC(C)(C)CC(C)(C)NCC(O)COc1ccc(C(C)(C)c2ccc(OCC3CO3)cc2)cc1. The molecule has 0 saturated carbocycles. The van der Waals surface area contributed by atoms with Gasteiger partial charge < -0.3 is 24.6 Å². The number of hydrogen-bond acceptors (Lipinski definition) is 5. The van der Waals surface area contributed by atoms with Crippen LogP contribution in [0.5, 0.6) is 11.5 Å². The number of β-amino-alcohol motifs (C(OH)–C–C–N with tert-alkyl or cyclic N) is 1. The second kappa shape index (κ2) is 18.4. The Morgan fingerprint density at radius 3 is 1.60 bits per heavy atom. The standard InChI is InChI=1S/C29H43NO4.3C2H6/c1-27(2,3)20-28(4,5)30-16-23(31)17-32-24-12-8-21(9-13-24)29(6,7)22-10-14-25(15-11-22)33-18-26-19-34-26;3*1-2/h8-15,23,26,30-31H,16-20H2,1-7H3;3*1-2H3. The third-order valence-electron chi connectivity index (χ3n) is 6.22. The molecule has 40 heavy (non-hydrogen) atoms. The highest BCUT2D eigenvalue weighted by molar-refractivity contribution is 5.41. The minimum atomic E-state index is -0.567. The average Bonchev–Trinajstić information content (AvgIpc) is 3.77. The van der Waals surface area contributed by atoms with Gasteiger partial charge in [-0.05, 0) is 61.1 Å². The molecule has 1 heterocycles. The highest BCUT2D eigenvalue weighted by Crippen LogP contribution is 2.33. The lowest BCUT2D eigenvalue weighted by atomic mass is 9.78. The summed E-state index contributed by atoms with van der Waals surface area (Å²) in [6.07, 6.45) is 0.716. The van der Waals surface area contributed by atoms with E-state index in [9.17, 15) is 5.11 Å². The largest absolute Gasteiger partial charge is 0.491 e. The number of hydrogen-bond donors (Lipinski definition) is 2. The predicted molar refractivity (Wildman–Crippen MR) is 172 cm³/mol. The number of aliphatic hydroxyl groups is 1. The molecule has 2 N–H and O–H groups in total. The maximum absolute atomic E-state index is 10.4. The minimum absolute atomic E-state index is 0.0393. The lowest BCUT2D eigenvalue weighted by Gasteiger charge is -2.34. The molecule has 2 aromatic carbocycles. The zero-order valence-electron chi connectivity index (χ0n) is 28.0. The Balaban J connectivity index is 0.00000237. The zero-order chi connectivity index (χ0) is 31.0. The van der Waals surface area contributed by atoms with E-state index < -0.39 is 6.10 Å². The third kappa shape index (κ3) is 14.5.